The standard InChI is InChI=1S/C30H33N3O5/c31-17-8-15-27(29(35)32-18-16-28(34)37-19-21-9-2-1-3-10-21)33-30(36)38-20-26-24-13-6-4-11-22(24)23-12-5-7-14-25(23)26/h1-7,9-14,26-27H,8,15-20,31H2,(H,32,35)(H,33,36)/t27-/m0/s1. The van der Waals surface area contributed by atoms with Crippen LogP contribution >= 0.6 is 0 Å². The van der Waals surface area contributed by atoms with Gasteiger partial charge < -0.3 is 25.8 Å². The zero-order valence-corrected chi connectivity index (χ0v) is 21.2. The second-order valence-electron chi connectivity index (χ2n) is 9.14. The van der Waals surface area contributed by atoms with Gasteiger partial charge in [0.15, 0.2) is 0 Å². The number of nitrogens with two attached hydrogens (primary N) is 1. The van der Waals surface area contributed by atoms with Gasteiger partial charge in [-0.2, -0.15) is 0 Å². The van der Waals surface area contributed by atoms with Crippen molar-refractivity contribution in [2.24, 2.45) is 5.73 Å². The third-order valence-electron chi connectivity index (χ3n) is 6.52. The number of alkyl carbamates (subject to hydrolysis) is 1. The first kappa shape index (κ1) is 26.9. The number of nitrogens with one attached hydrogen (secondary N) is 2. The van der Waals surface area contributed by atoms with Gasteiger partial charge >= 0.3 is 12.1 Å². The van der Waals surface area contributed by atoms with Gasteiger partial charge in [-0.1, -0.05) is 78.9 Å². The van der Waals surface area contributed by atoms with Crippen LogP contribution in [0.3, 0.4) is 0 Å². The molecule has 8 heteroatoms. The number of hydrogen-bond donors (Lipinski definition) is 3. The van der Waals surface area contributed by atoms with E-state index in [1.165, 1.54) is 0 Å². The molecule has 0 bridgehead atoms. The molecule has 0 saturated heterocycles. The van der Waals surface area contributed by atoms with Crippen LogP contribution in [-0.2, 0) is 25.7 Å². The van der Waals surface area contributed by atoms with Crippen molar-refractivity contribution in [1.29, 1.82) is 0 Å². The van der Waals surface area contributed by atoms with E-state index in [2.05, 4.69) is 22.8 Å². The first-order valence-electron chi connectivity index (χ1n) is 12.9. The first-order valence-corrected chi connectivity index (χ1v) is 12.9. The highest BCUT2D eigenvalue weighted by molar-refractivity contribution is 5.86. The van der Waals surface area contributed by atoms with Gasteiger partial charge in [-0.25, -0.2) is 4.79 Å². The maximum absolute atomic E-state index is 12.8. The summed E-state index contributed by atoms with van der Waals surface area (Å²) in [4.78, 5) is 37.5. The molecule has 0 spiro atoms. The van der Waals surface area contributed by atoms with Gasteiger partial charge in [0.2, 0.25) is 5.91 Å². The summed E-state index contributed by atoms with van der Waals surface area (Å²) < 4.78 is 10.8. The van der Waals surface area contributed by atoms with E-state index in [1.807, 2.05) is 66.7 Å². The summed E-state index contributed by atoms with van der Waals surface area (Å²) in [5.41, 5.74) is 11.0. The van der Waals surface area contributed by atoms with Crippen LogP contribution in [0.15, 0.2) is 78.9 Å². The molecule has 0 aliphatic heterocycles. The average molecular weight is 516 g/mol. The first-order chi connectivity index (χ1) is 18.6. The average Bonchev–Trinajstić information content (AvgIpc) is 3.27. The van der Waals surface area contributed by atoms with Crippen LogP contribution < -0.4 is 16.4 Å². The molecule has 38 heavy (non-hydrogen) atoms. The van der Waals surface area contributed by atoms with Crippen LogP contribution in [0.25, 0.3) is 11.1 Å². The van der Waals surface area contributed by atoms with Crippen molar-refractivity contribution in [2.45, 2.75) is 37.8 Å². The molecule has 3 aromatic rings. The summed E-state index contributed by atoms with van der Waals surface area (Å²) in [7, 11) is 0. The number of benzene rings is 3. The van der Waals surface area contributed by atoms with E-state index in [0.717, 1.165) is 27.8 Å². The number of carbonyl (C=O) groups excluding carboxylic acids is 3. The maximum atomic E-state index is 12.8. The Kier molecular flexibility index (Phi) is 9.48. The number of ether oxygens (including phenoxy) is 2. The normalized spacial score (nSPS) is 12.7. The van der Waals surface area contributed by atoms with Crippen molar-refractivity contribution in [2.75, 3.05) is 19.7 Å². The molecule has 1 aliphatic rings. The van der Waals surface area contributed by atoms with Crippen LogP contribution in [0.1, 0.15) is 41.9 Å². The number of rotatable bonds is 12. The highest BCUT2D eigenvalue weighted by Gasteiger charge is 2.29. The smallest absolute Gasteiger partial charge is 0.407 e. The fourth-order valence-electron chi connectivity index (χ4n) is 4.59. The SMILES string of the molecule is NCCC[C@H](NC(=O)OCC1c2ccccc2-c2ccccc21)C(=O)NCCC(=O)OCc1ccccc1. The highest BCUT2D eigenvalue weighted by atomic mass is 16.5. The lowest BCUT2D eigenvalue weighted by molar-refractivity contribution is -0.144. The molecule has 0 fully saturated rings. The summed E-state index contributed by atoms with van der Waals surface area (Å²) in [6, 6.07) is 24.7. The Bertz CT molecular complexity index is 1200. The lowest BCUT2D eigenvalue weighted by Gasteiger charge is -2.19. The van der Waals surface area contributed by atoms with E-state index in [1.54, 1.807) is 0 Å². The fraction of sp³-hybridized carbons (Fsp3) is 0.300. The van der Waals surface area contributed by atoms with Crippen molar-refractivity contribution in [3.8, 4) is 11.1 Å². The number of carbonyl (C=O) groups is 3. The summed E-state index contributed by atoms with van der Waals surface area (Å²) in [6.45, 7) is 0.800. The Hall–Kier alpha value is -4.17. The highest BCUT2D eigenvalue weighted by Crippen LogP contribution is 2.44. The van der Waals surface area contributed by atoms with E-state index in [0.29, 0.717) is 19.4 Å². The second kappa shape index (κ2) is 13.4. The van der Waals surface area contributed by atoms with Gasteiger partial charge in [0.25, 0.3) is 0 Å². The minimum absolute atomic E-state index is 0.0210. The third kappa shape index (κ3) is 6.98. The minimum Gasteiger partial charge on any atom is -0.461 e. The molecule has 2 amide bonds. The molecule has 198 valence electrons. The lowest BCUT2D eigenvalue weighted by Crippen LogP contribution is -2.47. The molecule has 3 aromatic carbocycles. The lowest BCUT2D eigenvalue weighted by atomic mass is 9.98. The van der Waals surface area contributed by atoms with E-state index in [-0.39, 0.29) is 32.1 Å². The van der Waals surface area contributed by atoms with E-state index < -0.39 is 24.0 Å². The zero-order chi connectivity index (χ0) is 26.7. The van der Waals surface area contributed by atoms with Gasteiger partial charge in [0.1, 0.15) is 19.3 Å². The van der Waals surface area contributed by atoms with E-state index in [4.69, 9.17) is 15.2 Å². The summed E-state index contributed by atoms with van der Waals surface area (Å²) in [5, 5.41) is 5.36. The number of amides is 2. The summed E-state index contributed by atoms with van der Waals surface area (Å²) in [6.07, 6.45) is 0.241. The number of fused-ring (bicyclic) bond motifs is 3. The number of esters is 1. The van der Waals surface area contributed by atoms with Crippen LogP contribution in [0, 0.1) is 0 Å². The molecule has 4 rings (SSSR count). The van der Waals surface area contributed by atoms with Crippen molar-refractivity contribution in [3.05, 3.63) is 95.6 Å². The molecule has 8 nitrogen and oxygen atoms in total. The molecule has 0 radical (unpaired) electrons. The van der Waals surface area contributed by atoms with Crippen LogP contribution in [0.4, 0.5) is 4.79 Å². The molecule has 0 aromatic heterocycles. The monoisotopic (exact) mass is 515 g/mol. The molecular weight excluding hydrogens is 482 g/mol. The van der Waals surface area contributed by atoms with Crippen LogP contribution in [0.2, 0.25) is 0 Å². The van der Waals surface area contributed by atoms with Gasteiger partial charge in [-0.15, -0.1) is 0 Å². The topological polar surface area (TPSA) is 120 Å². The Morgan fingerprint density at radius 1 is 0.842 bits per heavy atom. The molecule has 0 heterocycles. The van der Waals surface area contributed by atoms with E-state index in [9.17, 15) is 14.4 Å². The minimum atomic E-state index is -0.825. The molecule has 1 aliphatic carbocycles. The van der Waals surface area contributed by atoms with Gasteiger partial charge in [0, 0.05) is 12.5 Å². The molecular formula is C30H33N3O5. The second-order valence-corrected chi connectivity index (χ2v) is 9.14. The number of hydrogen-bond acceptors (Lipinski definition) is 6. The molecule has 0 saturated carbocycles. The fourth-order valence-corrected chi connectivity index (χ4v) is 4.59. The van der Waals surface area contributed by atoms with Crippen molar-refractivity contribution >= 4 is 18.0 Å². The van der Waals surface area contributed by atoms with Crippen LogP contribution in [0.5, 0.6) is 0 Å². The predicted octanol–water partition coefficient (Wildman–Crippen LogP) is 3.88. The van der Waals surface area contributed by atoms with Gasteiger partial charge in [-0.05, 0) is 47.2 Å². The Morgan fingerprint density at radius 3 is 2.13 bits per heavy atom. The molecule has 0 unspecified atom stereocenters. The Labute approximate surface area is 222 Å². The van der Waals surface area contributed by atoms with E-state index >= 15 is 0 Å². The van der Waals surface area contributed by atoms with Gasteiger partial charge in [0.05, 0.1) is 6.42 Å². The van der Waals surface area contributed by atoms with Crippen LogP contribution in [-0.4, -0.2) is 43.7 Å². The zero-order valence-electron chi connectivity index (χ0n) is 21.2. The largest absolute Gasteiger partial charge is 0.461 e. The van der Waals surface area contributed by atoms with Crippen molar-refractivity contribution in [1.82, 2.24) is 10.6 Å². The maximum Gasteiger partial charge on any atom is 0.407 e. The molecule has 1 atom stereocenters. The van der Waals surface area contributed by atoms with Gasteiger partial charge in [-0.3, -0.25) is 9.59 Å². The molecule has 4 N–H and O–H groups in total. The Balaban J connectivity index is 1.26. The van der Waals surface area contributed by atoms with Crippen molar-refractivity contribution < 1.29 is 23.9 Å². The summed E-state index contributed by atoms with van der Waals surface area (Å²) >= 11 is 0. The predicted molar refractivity (Wildman–Crippen MR) is 144 cm³/mol. The third-order valence-corrected chi connectivity index (χ3v) is 6.52. The summed E-state index contributed by atoms with van der Waals surface area (Å²) in [5.74, 6) is -0.897. The quantitative estimate of drug-likeness (QED) is 0.315. The van der Waals surface area contributed by atoms with Crippen molar-refractivity contribution in [3.63, 3.8) is 0 Å². The Morgan fingerprint density at radius 2 is 1.47 bits per heavy atom.